The second kappa shape index (κ2) is 47.9. The van der Waals surface area contributed by atoms with Crippen LogP contribution < -0.4 is 37.6 Å². The van der Waals surface area contributed by atoms with Gasteiger partial charge < -0.3 is 128 Å². The van der Waals surface area contributed by atoms with Crippen molar-refractivity contribution in [2.75, 3.05) is 144 Å². The van der Waals surface area contributed by atoms with Gasteiger partial charge in [-0.3, -0.25) is 38.5 Å². The largest absolute Gasteiger partial charge is 0.445 e. The van der Waals surface area contributed by atoms with Gasteiger partial charge in [-0.15, -0.1) is 0 Å². The highest BCUT2D eigenvalue weighted by Crippen LogP contribution is 2.55. The molecule has 0 aromatic heterocycles. The number of urea groups is 1. The first kappa shape index (κ1) is 94.6. The van der Waals surface area contributed by atoms with Crippen LogP contribution in [0.4, 0.5) is 15.3 Å². The van der Waals surface area contributed by atoms with Gasteiger partial charge in [-0.05, 0) is 98.5 Å². The summed E-state index contributed by atoms with van der Waals surface area (Å²) < 4.78 is 111. The maximum atomic E-state index is 14.6. The summed E-state index contributed by atoms with van der Waals surface area (Å²) in [7, 11) is 1.58. The van der Waals surface area contributed by atoms with E-state index in [1.165, 1.54) is 12.2 Å². The lowest BCUT2D eigenvalue weighted by atomic mass is 9.81. The molecule has 676 valence electrons. The highest BCUT2D eigenvalue weighted by atomic mass is 16.8. The fraction of sp³-hybridized carbons (Fsp3) is 0.753. The molecule has 121 heavy (non-hydrogen) atoms. The monoisotopic (exact) mass is 1710 g/mol. The Bertz CT molecular complexity index is 3580. The molecule has 10 saturated heterocycles. The number of primary amides is 1. The van der Waals surface area contributed by atoms with E-state index in [0.29, 0.717) is 136 Å². The van der Waals surface area contributed by atoms with Gasteiger partial charge in [0.05, 0.1) is 173 Å². The van der Waals surface area contributed by atoms with Crippen LogP contribution in [0.1, 0.15) is 135 Å². The molecule has 0 aliphatic carbocycles. The fourth-order valence-corrected chi connectivity index (χ4v) is 17.4. The number of hydrogen-bond acceptors (Lipinski definition) is 28. The van der Waals surface area contributed by atoms with Crippen molar-refractivity contribution in [1.29, 1.82) is 0 Å². The molecule has 21 atom stereocenters. The molecule has 36 nitrogen and oxygen atoms in total. The first-order chi connectivity index (χ1) is 58.5. The number of aliphatic hydroxyl groups is 1. The highest BCUT2D eigenvalue weighted by molar-refractivity contribution is 6.13. The molecule has 12 rings (SSSR count). The number of ether oxygens (including phenoxy) is 18. The Morgan fingerprint density at radius 3 is 1.87 bits per heavy atom. The number of rotatable bonds is 47. The average molecular weight is 1710 g/mol. The summed E-state index contributed by atoms with van der Waals surface area (Å²) in [6.45, 7) is 20.0. The van der Waals surface area contributed by atoms with Crippen molar-refractivity contribution >= 4 is 59.0 Å². The quantitative estimate of drug-likeness (QED) is 0.0263. The predicted octanol–water partition coefficient (Wildman–Crippen LogP) is 3.37. The zero-order valence-corrected chi connectivity index (χ0v) is 70.4. The number of ketones is 1. The minimum Gasteiger partial charge on any atom is -0.445 e. The topological polar surface area (TPSA) is 441 Å². The van der Waals surface area contributed by atoms with Crippen LogP contribution in [0, 0.1) is 17.8 Å². The minimum atomic E-state index is -1.11. The third-order valence-corrected chi connectivity index (χ3v) is 23.8. The molecule has 11 aliphatic rings. The standard InChI is InChI=1S/C85H128N8O28/c1-51(2)74(92-71(97)21-26-105-28-30-107-32-34-109-36-38-111-40-41-112-39-37-110-35-33-108-31-29-106-27-24-87-70(96)20-25-93-72(98)17-18-73(93)99)82(101)91-63(8-7-23-88-83(86)102)81(100)90-56-11-9-55(10-12-56)50-113-84(103)89-49-58(95)46-68-75(104-6)62-45-57(94)44-60-14-16-65-76(116-60)80-79-78(118-65)77-69(119-79)48-85(120-77,121-80)22-19-61-43-53(4)64(114-61)15-13-59-42-52(3)54(5)66(115-59)47-67(62)117-68/h9-12,17-18,51-52,58-69,74-80,95H,4-5,7-8,13-16,19-50H2,1-3,6H3,(H,87,96)(H,89,103)(H,90,100)(H,91,101)(H,92,97)(H3,86,88,102)/t52-,58+,59+,60-,61+,62+,63+,64+,65+,66-,67+,68-,69-,74+,75-,76+,77+,78+,79-,80+,85+/m1/s1. The summed E-state index contributed by atoms with van der Waals surface area (Å²) in [5, 5.41) is 27.8. The highest BCUT2D eigenvalue weighted by Gasteiger charge is 2.69. The molecule has 9 N–H and O–H groups in total. The Balaban J connectivity index is 0.544. The van der Waals surface area contributed by atoms with Crippen LogP contribution in [0.2, 0.25) is 0 Å². The van der Waals surface area contributed by atoms with E-state index in [1.54, 1.807) is 45.2 Å². The van der Waals surface area contributed by atoms with E-state index in [2.05, 4.69) is 52.0 Å². The molecule has 0 saturated carbocycles. The van der Waals surface area contributed by atoms with Crippen LogP contribution in [0.5, 0.6) is 0 Å². The molecule has 36 heteroatoms. The minimum absolute atomic E-state index is 0.00933. The van der Waals surface area contributed by atoms with Crippen molar-refractivity contribution in [3.05, 3.63) is 66.3 Å². The predicted molar refractivity (Wildman–Crippen MR) is 431 cm³/mol. The van der Waals surface area contributed by atoms with Gasteiger partial charge in [0.15, 0.2) is 5.79 Å². The summed E-state index contributed by atoms with van der Waals surface area (Å²) in [4.78, 5) is 116. The second-order valence-electron chi connectivity index (χ2n) is 33.0. The zero-order valence-electron chi connectivity index (χ0n) is 70.4. The fourth-order valence-electron chi connectivity index (χ4n) is 17.4. The number of hydrogen-bond donors (Lipinski definition) is 8. The van der Waals surface area contributed by atoms with Gasteiger partial charge in [0.1, 0.15) is 55.0 Å². The number of nitrogens with one attached hydrogen (secondary N) is 6. The smallest absolute Gasteiger partial charge is 0.407 e. The number of amides is 9. The van der Waals surface area contributed by atoms with Gasteiger partial charge in [0.25, 0.3) is 11.8 Å². The van der Waals surface area contributed by atoms with Crippen molar-refractivity contribution in [2.45, 2.75) is 252 Å². The molecule has 1 spiro atoms. The molecule has 0 unspecified atom stereocenters. The summed E-state index contributed by atoms with van der Waals surface area (Å²) in [5.41, 5.74) is 8.25. The van der Waals surface area contributed by atoms with E-state index in [4.69, 9.17) is 91.0 Å². The number of anilines is 1. The Labute approximate surface area is 707 Å². The Hall–Kier alpha value is -7.05. The van der Waals surface area contributed by atoms with Gasteiger partial charge in [-0.25, -0.2) is 9.59 Å². The number of carbonyl (C=O) groups is 9. The molecule has 1 aromatic rings. The van der Waals surface area contributed by atoms with Crippen molar-refractivity contribution in [3.8, 4) is 0 Å². The number of benzene rings is 1. The molecular formula is C85H128N8O28. The average Bonchev–Trinajstić information content (AvgIpc) is 1.54. The molecule has 11 aliphatic heterocycles. The van der Waals surface area contributed by atoms with Gasteiger partial charge >= 0.3 is 12.1 Å². The van der Waals surface area contributed by atoms with Gasteiger partial charge in [-0.1, -0.05) is 46.1 Å². The molecule has 0 radical (unpaired) electrons. The summed E-state index contributed by atoms with van der Waals surface area (Å²) in [5.74, 6) is -4.27. The normalized spacial score (nSPS) is 30.0. The Morgan fingerprint density at radius 1 is 0.603 bits per heavy atom. The number of imide groups is 1. The molecule has 11 heterocycles. The van der Waals surface area contributed by atoms with Crippen molar-refractivity contribution < 1.29 is 134 Å². The maximum absolute atomic E-state index is 14.6. The van der Waals surface area contributed by atoms with Gasteiger partial charge in [0.2, 0.25) is 23.6 Å². The van der Waals surface area contributed by atoms with E-state index >= 15 is 0 Å². The molecule has 12 bridgehead atoms. The van der Waals surface area contributed by atoms with Crippen LogP contribution in [-0.4, -0.2) is 318 Å². The number of alkyl carbamates (subject to hydrolysis) is 1. The number of Topliss-reactive ketones (excluding diaryl/α,β-unsaturated/α-hetero) is 1. The van der Waals surface area contributed by atoms with Crippen LogP contribution in [0.3, 0.4) is 0 Å². The number of nitrogens with zero attached hydrogens (tertiary/aromatic N) is 1. The van der Waals surface area contributed by atoms with Gasteiger partial charge in [-0.2, -0.15) is 0 Å². The third kappa shape index (κ3) is 28.5. The number of carbonyl (C=O) groups excluding carboxylic acids is 9. The molecular weight excluding hydrogens is 1580 g/mol. The molecule has 9 amide bonds. The van der Waals surface area contributed by atoms with Crippen molar-refractivity contribution in [1.82, 2.24) is 31.5 Å². The SMILES string of the molecule is C=C1C[C@@H]2CC[C@@]34C[C@H]5O[C@H]6[C@@H](O3)[C@H]3O[C@H](CC[C@@H]3O[C@H]6[C@H]5O4)CC(=O)C[C@@H]3[C@@H](OC)[C@@H](C[C@H](O)CNC(=O)OCc4ccc(NC(=O)[C@H](CCCNC(N)=O)NC(=O)[C@@H](NC(=O)CCOCCOCCOCCOCCOCCOCCOCCOCCNC(=O)CCN5C(=O)C=CC5=O)C(C)C)cc4)O[C@H]3C[C@H]3O[C@@H](CC[C@@H]1O2)C[C@@H](C)C3=C. The second-order valence-corrected chi connectivity index (χ2v) is 33.0. The summed E-state index contributed by atoms with van der Waals surface area (Å²) in [6.07, 6.45) is 2.98. The van der Waals surface area contributed by atoms with E-state index < -0.39 is 108 Å². The maximum Gasteiger partial charge on any atom is 0.407 e. The van der Waals surface area contributed by atoms with Gasteiger partial charge in [0, 0.05) is 108 Å². The van der Waals surface area contributed by atoms with Crippen LogP contribution in [-0.2, 0) is 125 Å². The first-order valence-electron chi connectivity index (χ1n) is 43.2. The summed E-state index contributed by atoms with van der Waals surface area (Å²) in [6, 6.07) is 3.63. The number of nitrogens with two attached hydrogens (primary N) is 1. The molecule has 10 fully saturated rings. The van der Waals surface area contributed by atoms with E-state index in [9.17, 15) is 48.3 Å². The van der Waals surface area contributed by atoms with Crippen molar-refractivity contribution in [3.63, 3.8) is 0 Å². The lowest BCUT2D eigenvalue weighted by molar-refractivity contribution is -0.292. The van der Waals surface area contributed by atoms with Crippen molar-refractivity contribution in [2.24, 2.45) is 23.5 Å². The molecule has 1 aromatic carbocycles. The van der Waals surface area contributed by atoms with Crippen LogP contribution >= 0.6 is 0 Å². The van der Waals surface area contributed by atoms with E-state index in [1.807, 2.05) is 0 Å². The Morgan fingerprint density at radius 2 is 1.21 bits per heavy atom. The Kier molecular flexibility index (Phi) is 37.4. The lowest BCUT2D eigenvalue weighted by Gasteiger charge is -2.47. The number of fused-ring (bicyclic) bond motifs is 6. The lowest BCUT2D eigenvalue weighted by Crippen LogP contribution is -2.61. The van der Waals surface area contributed by atoms with Crippen LogP contribution in [0.25, 0.3) is 0 Å². The third-order valence-electron chi connectivity index (χ3n) is 23.8. The van der Waals surface area contributed by atoms with E-state index in [-0.39, 0.29) is 169 Å². The number of aliphatic hydroxyl groups excluding tert-OH is 1. The van der Waals surface area contributed by atoms with E-state index in [0.717, 1.165) is 48.2 Å². The first-order valence-corrected chi connectivity index (χ1v) is 43.2. The summed E-state index contributed by atoms with van der Waals surface area (Å²) >= 11 is 0. The van der Waals surface area contributed by atoms with Crippen LogP contribution in [0.15, 0.2) is 60.7 Å². The zero-order chi connectivity index (χ0) is 85.8. The number of methoxy groups -OCH3 is 1.